The Morgan fingerprint density at radius 2 is 1.89 bits per heavy atom. The van der Waals surface area contributed by atoms with Crippen LogP contribution in [0.25, 0.3) is 0 Å². The second kappa shape index (κ2) is 3.16. The molecule has 56 valence electrons. The van der Waals surface area contributed by atoms with Gasteiger partial charge >= 0.3 is 0 Å². The third-order valence-corrected chi connectivity index (χ3v) is 0.914. The maximum atomic E-state index is 12.2. The molecule has 9 heavy (non-hydrogen) atoms. The zero-order valence-electron chi connectivity index (χ0n) is 6.66. The van der Waals surface area contributed by atoms with Gasteiger partial charge < -0.3 is 5.32 Å². The van der Waals surface area contributed by atoms with E-state index >= 15 is 0 Å². The van der Waals surface area contributed by atoms with Crippen LogP contribution in [0.1, 0.15) is 27.7 Å². The monoisotopic (exact) mass is 133 g/mol. The SMILES string of the molecule is CC(F)CNC(C)(C)C. The summed E-state index contributed by atoms with van der Waals surface area (Å²) in [6, 6.07) is 0. The summed E-state index contributed by atoms with van der Waals surface area (Å²) in [5.41, 5.74) is 0.0420. The van der Waals surface area contributed by atoms with Crippen LogP contribution in [0.3, 0.4) is 0 Å². The number of rotatable bonds is 2. The van der Waals surface area contributed by atoms with Gasteiger partial charge in [0, 0.05) is 12.1 Å². The Morgan fingerprint density at radius 3 is 2.00 bits per heavy atom. The highest BCUT2D eigenvalue weighted by Gasteiger charge is 2.09. The van der Waals surface area contributed by atoms with Crippen molar-refractivity contribution in [3.63, 3.8) is 0 Å². The predicted molar refractivity (Wildman–Crippen MR) is 38.3 cm³/mol. The molecule has 0 aromatic heterocycles. The largest absolute Gasteiger partial charge is 0.309 e. The van der Waals surface area contributed by atoms with E-state index in [0.717, 1.165) is 0 Å². The number of halogens is 1. The lowest BCUT2D eigenvalue weighted by Gasteiger charge is -2.20. The van der Waals surface area contributed by atoms with Crippen LogP contribution in [-0.4, -0.2) is 18.3 Å². The summed E-state index contributed by atoms with van der Waals surface area (Å²) in [7, 11) is 0. The van der Waals surface area contributed by atoms with E-state index in [1.165, 1.54) is 0 Å². The molecule has 0 saturated heterocycles. The molecule has 1 N–H and O–H groups in total. The van der Waals surface area contributed by atoms with Gasteiger partial charge in [-0.25, -0.2) is 4.39 Å². The first kappa shape index (κ1) is 8.89. The van der Waals surface area contributed by atoms with E-state index in [0.29, 0.717) is 6.54 Å². The zero-order valence-corrected chi connectivity index (χ0v) is 6.66. The third-order valence-electron chi connectivity index (χ3n) is 0.914. The molecule has 0 radical (unpaired) electrons. The molecule has 0 saturated carbocycles. The highest BCUT2D eigenvalue weighted by Crippen LogP contribution is 1.98. The minimum Gasteiger partial charge on any atom is -0.309 e. The summed E-state index contributed by atoms with van der Waals surface area (Å²) in [6.07, 6.45) is -0.746. The number of nitrogens with one attached hydrogen (secondary N) is 1. The fourth-order valence-corrected chi connectivity index (χ4v) is 0.447. The molecule has 0 aromatic rings. The van der Waals surface area contributed by atoms with E-state index in [9.17, 15) is 4.39 Å². The van der Waals surface area contributed by atoms with Crippen LogP contribution in [0.15, 0.2) is 0 Å². The van der Waals surface area contributed by atoms with Crippen molar-refractivity contribution in [3.8, 4) is 0 Å². The summed E-state index contributed by atoms with van der Waals surface area (Å²) >= 11 is 0. The van der Waals surface area contributed by atoms with Gasteiger partial charge in [-0.05, 0) is 27.7 Å². The third kappa shape index (κ3) is 7.89. The number of alkyl halides is 1. The maximum absolute atomic E-state index is 12.2. The second-order valence-electron chi connectivity index (χ2n) is 3.41. The van der Waals surface area contributed by atoms with Crippen molar-refractivity contribution in [2.45, 2.75) is 39.4 Å². The summed E-state index contributed by atoms with van der Waals surface area (Å²) in [4.78, 5) is 0. The fourth-order valence-electron chi connectivity index (χ4n) is 0.447. The molecule has 0 aliphatic carbocycles. The molecule has 1 unspecified atom stereocenters. The van der Waals surface area contributed by atoms with Gasteiger partial charge in [0.1, 0.15) is 6.17 Å². The van der Waals surface area contributed by atoms with Gasteiger partial charge in [0.2, 0.25) is 0 Å². The highest BCUT2D eigenvalue weighted by atomic mass is 19.1. The molecule has 0 amide bonds. The first-order chi connectivity index (χ1) is 3.92. The lowest BCUT2D eigenvalue weighted by molar-refractivity contribution is 0.305. The average Bonchev–Trinajstić information content (AvgIpc) is 1.59. The Hall–Kier alpha value is -0.110. The molecule has 0 fully saturated rings. The van der Waals surface area contributed by atoms with Crippen molar-refractivity contribution in [2.24, 2.45) is 0 Å². The van der Waals surface area contributed by atoms with E-state index in [1.807, 2.05) is 20.8 Å². The summed E-state index contributed by atoms with van der Waals surface area (Å²) < 4.78 is 12.2. The number of hydrogen-bond acceptors (Lipinski definition) is 1. The Morgan fingerprint density at radius 1 is 1.44 bits per heavy atom. The topological polar surface area (TPSA) is 12.0 Å². The zero-order chi connectivity index (χ0) is 7.49. The van der Waals surface area contributed by atoms with Crippen LogP contribution in [0.4, 0.5) is 4.39 Å². The van der Waals surface area contributed by atoms with Crippen molar-refractivity contribution in [1.82, 2.24) is 5.32 Å². The van der Waals surface area contributed by atoms with Gasteiger partial charge in [0.15, 0.2) is 0 Å². The summed E-state index contributed by atoms with van der Waals surface area (Å²) in [6.45, 7) is 8.07. The van der Waals surface area contributed by atoms with E-state index < -0.39 is 6.17 Å². The Balaban J connectivity index is 3.28. The minimum atomic E-state index is -0.746. The molecule has 1 nitrogen and oxygen atoms in total. The number of hydrogen-bond donors (Lipinski definition) is 1. The van der Waals surface area contributed by atoms with Gasteiger partial charge in [-0.3, -0.25) is 0 Å². The van der Waals surface area contributed by atoms with Crippen LogP contribution in [0.5, 0.6) is 0 Å². The van der Waals surface area contributed by atoms with Crippen molar-refractivity contribution in [2.75, 3.05) is 6.54 Å². The van der Waals surface area contributed by atoms with Gasteiger partial charge in [-0.15, -0.1) is 0 Å². The second-order valence-corrected chi connectivity index (χ2v) is 3.41. The van der Waals surface area contributed by atoms with Crippen molar-refractivity contribution >= 4 is 0 Å². The lowest BCUT2D eigenvalue weighted by atomic mass is 10.1. The van der Waals surface area contributed by atoms with Gasteiger partial charge in [-0.2, -0.15) is 0 Å². The first-order valence-electron chi connectivity index (χ1n) is 3.31. The Kier molecular flexibility index (Phi) is 3.12. The van der Waals surface area contributed by atoms with Crippen molar-refractivity contribution in [3.05, 3.63) is 0 Å². The quantitative estimate of drug-likeness (QED) is 0.605. The molecule has 0 spiro atoms. The van der Waals surface area contributed by atoms with Crippen LogP contribution >= 0.6 is 0 Å². The first-order valence-corrected chi connectivity index (χ1v) is 3.31. The standard InChI is InChI=1S/C7H16FN/c1-6(8)5-9-7(2,3)4/h6,9H,5H2,1-4H3. The van der Waals surface area contributed by atoms with Crippen LogP contribution in [-0.2, 0) is 0 Å². The molecule has 0 bridgehead atoms. The van der Waals surface area contributed by atoms with Gasteiger partial charge in [0.05, 0.1) is 0 Å². The van der Waals surface area contributed by atoms with Crippen molar-refractivity contribution in [1.29, 1.82) is 0 Å². The summed E-state index contributed by atoms with van der Waals surface area (Å²) in [5.74, 6) is 0. The maximum Gasteiger partial charge on any atom is 0.110 e. The molecular weight excluding hydrogens is 117 g/mol. The molecule has 0 rings (SSSR count). The molecule has 0 aliphatic rings. The molecule has 0 aromatic carbocycles. The van der Waals surface area contributed by atoms with Gasteiger partial charge in [0.25, 0.3) is 0 Å². The normalized spacial score (nSPS) is 15.7. The molecule has 2 heteroatoms. The van der Waals surface area contributed by atoms with Crippen molar-refractivity contribution < 1.29 is 4.39 Å². The van der Waals surface area contributed by atoms with E-state index in [2.05, 4.69) is 5.32 Å². The van der Waals surface area contributed by atoms with Crippen LogP contribution in [0.2, 0.25) is 0 Å². The van der Waals surface area contributed by atoms with Crippen LogP contribution < -0.4 is 5.32 Å². The van der Waals surface area contributed by atoms with Crippen LogP contribution in [0, 0.1) is 0 Å². The fraction of sp³-hybridized carbons (Fsp3) is 1.00. The molecule has 0 aliphatic heterocycles. The minimum absolute atomic E-state index is 0.0420. The molecule has 0 heterocycles. The van der Waals surface area contributed by atoms with E-state index in [-0.39, 0.29) is 5.54 Å². The van der Waals surface area contributed by atoms with E-state index in [4.69, 9.17) is 0 Å². The highest BCUT2D eigenvalue weighted by molar-refractivity contribution is 4.71. The smallest absolute Gasteiger partial charge is 0.110 e. The predicted octanol–water partition coefficient (Wildman–Crippen LogP) is 1.73. The Labute approximate surface area is 56.6 Å². The lowest BCUT2D eigenvalue weighted by Crippen LogP contribution is -2.39. The molecule has 1 atom stereocenters. The average molecular weight is 133 g/mol. The van der Waals surface area contributed by atoms with E-state index in [1.54, 1.807) is 6.92 Å². The molecular formula is C7H16FN. The summed E-state index contributed by atoms with van der Waals surface area (Å²) in [5, 5.41) is 3.05. The van der Waals surface area contributed by atoms with Gasteiger partial charge in [-0.1, -0.05) is 0 Å². The Bertz CT molecular complexity index is 73.5.